The topological polar surface area (TPSA) is 66.9 Å². The van der Waals surface area contributed by atoms with Crippen LogP contribution in [0.2, 0.25) is 0 Å². The molecule has 6 nitrogen and oxygen atoms in total. The molecule has 0 bridgehead atoms. The molecule has 0 atom stereocenters. The molecule has 7 heteroatoms. The second-order valence-electron chi connectivity index (χ2n) is 6.40. The molecule has 2 rings (SSSR count). The SMILES string of the molecule is Cc1ccc(S(=O)(=O)N(C)CC(=O)N(C)CCCOc2ccccc2)cc1. The van der Waals surface area contributed by atoms with Gasteiger partial charge in [-0.15, -0.1) is 0 Å². The fourth-order valence-electron chi connectivity index (χ4n) is 2.42. The van der Waals surface area contributed by atoms with E-state index in [1.165, 1.54) is 11.9 Å². The van der Waals surface area contributed by atoms with Gasteiger partial charge in [0.25, 0.3) is 0 Å². The van der Waals surface area contributed by atoms with Gasteiger partial charge in [0, 0.05) is 20.6 Å². The molecule has 0 N–H and O–H groups in total. The van der Waals surface area contributed by atoms with Gasteiger partial charge in [-0.3, -0.25) is 4.79 Å². The predicted molar refractivity (Wildman–Crippen MR) is 105 cm³/mol. The average molecular weight is 391 g/mol. The van der Waals surface area contributed by atoms with Crippen molar-refractivity contribution in [2.45, 2.75) is 18.2 Å². The number of para-hydroxylation sites is 1. The molecule has 0 radical (unpaired) electrons. The van der Waals surface area contributed by atoms with E-state index in [4.69, 9.17) is 4.74 Å². The molecule has 0 aliphatic heterocycles. The van der Waals surface area contributed by atoms with Crippen LogP contribution < -0.4 is 4.74 Å². The quantitative estimate of drug-likeness (QED) is 0.617. The van der Waals surface area contributed by atoms with Gasteiger partial charge in [0.2, 0.25) is 15.9 Å². The highest BCUT2D eigenvalue weighted by Crippen LogP contribution is 2.15. The fourth-order valence-corrected chi connectivity index (χ4v) is 3.54. The van der Waals surface area contributed by atoms with Gasteiger partial charge >= 0.3 is 0 Å². The van der Waals surface area contributed by atoms with E-state index in [0.29, 0.717) is 19.6 Å². The molecular formula is C20H26N2O4S. The number of carbonyl (C=O) groups is 1. The van der Waals surface area contributed by atoms with E-state index in [0.717, 1.165) is 15.6 Å². The Hall–Kier alpha value is -2.38. The van der Waals surface area contributed by atoms with Crippen LogP contribution in [-0.2, 0) is 14.8 Å². The molecule has 27 heavy (non-hydrogen) atoms. The molecule has 1 amide bonds. The van der Waals surface area contributed by atoms with Gasteiger partial charge in [-0.25, -0.2) is 8.42 Å². The summed E-state index contributed by atoms with van der Waals surface area (Å²) >= 11 is 0. The summed E-state index contributed by atoms with van der Waals surface area (Å²) in [5, 5.41) is 0. The minimum Gasteiger partial charge on any atom is -0.494 e. The largest absolute Gasteiger partial charge is 0.494 e. The van der Waals surface area contributed by atoms with Crippen molar-refractivity contribution < 1.29 is 17.9 Å². The summed E-state index contributed by atoms with van der Waals surface area (Å²) in [4.78, 5) is 14.0. The van der Waals surface area contributed by atoms with Crippen LogP contribution in [0.15, 0.2) is 59.5 Å². The van der Waals surface area contributed by atoms with Crippen molar-refractivity contribution in [3.63, 3.8) is 0 Å². The number of likely N-dealkylation sites (N-methyl/N-ethyl adjacent to an activating group) is 2. The normalized spacial score (nSPS) is 11.4. The Morgan fingerprint density at radius 3 is 2.26 bits per heavy atom. The number of ether oxygens (including phenoxy) is 1. The number of sulfonamides is 1. The third-order valence-corrected chi connectivity index (χ3v) is 5.98. The summed E-state index contributed by atoms with van der Waals surface area (Å²) in [6.07, 6.45) is 0.658. The highest BCUT2D eigenvalue weighted by atomic mass is 32.2. The Morgan fingerprint density at radius 2 is 1.63 bits per heavy atom. The summed E-state index contributed by atoms with van der Waals surface area (Å²) in [5.74, 6) is 0.531. The summed E-state index contributed by atoms with van der Waals surface area (Å²) in [6.45, 7) is 2.66. The number of benzene rings is 2. The molecule has 0 heterocycles. The molecule has 0 saturated carbocycles. The van der Waals surface area contributed by atoms with E-state index in [9.17, 15) is 13.2 Å². The lowest BCUT2D eigenvalue weighted by atomic mass is 10.2. The molecule has 0 spiro atoms. The van der Waals surface area contributed by atoms with Crippen LogP contribution in [0.3, 0.4) is 0 Å². The van der Waals surface area contributed by atoms with E-state index >= 15 is 0 Å². The average Bonchev–Trinajstić information content (AvgIpc) is 2.66. The van der Waals surface area contributed by atoms with Gasteiger partial charge in [0.15, 0.2) is 0 Å². The van der Waals surface area contributed by atoms with Crippen LogP contribution in [0.1, 0.15) is 12.0 Å². The maximum Gasteiger partial charge on any atom is 0.243 e. The lowest BCUT2D eigenvalue weighted by molar-refractivity contribution is -0.130. The van der Waals surface area contributed by atoms with Crippen molar-refractivity contribution in [2.24, 2.45) is 0 Å². The maximum absolute atomic E-state index is 12.6. The van der Waals surface area contributed by atoms with Crippen LogP contribution in [0.4, 0.5) is 0 Å². The van der Waals surface area contributed by atoms with E-state index in [-0.39, 0.29) is 17.3 Å². The minimum absolute atomic E-state index is 0.183. The van der Waals surface area contributed by atoms with E-state index in [1.54, 1.807) is 31.3 Å². The number of nitrogens with zero attached hydrogens (tertiary/aromatic N) is 2. The number of rotatable bonds is 9. The van der Waals surface area contributed by atoms with Gasteiger partial charge in [0.05, 0.1) is 18.0 Å². The second kappa shape index (κ2) is 9.53. The lowest BCUT2D eigenvalue weighted by Gasteiger charge is -2.22. The van der Waals surface area contributed by atoms with Gasteiger partial charge in [0.1, 0.15) is 5.75 Å². The van der Waals surface area contributed by atoms with Gasteiger partial charge < -0.3 is 9.64 Å². The maximum atomic E-state index is 12.6. The lowest BCUT2D eigenvalue weighted by Crippen LogP contribution is -2.39. The van der Waals surface area contributed by atoms with Crippen molar-refractivity contribution in [1.29, 1.82) is 0 Å². The molecular weight excluding hydrogens is 364 g/mol. The summed E-state index contributed by atoms with van der Waals surface area (Å²) in [5.41, 5.74) is 0.977. The van der Waals surface area contributed by atoms with Crippen molar-refractivity contribution in [2.75, 3.05) is 33.8 Å². The highest BCUT2D eigenvalue weighted by Gasteiger charge is 2.24. The fraction of sp³-hybridized carbons (Fsp3) is 0.350. The Morgan fingerprint density at radius 1 is 1.00 bits per heavy atom. The third kappa shape index (κ3) is 6.08. The first-order chi connectivity index (χ1) is 12.8. The first-order valence-electron chi connectivity index (χ1n) is 8.75. The first-order valence-corrected chi connectivity index (χ1v) is 10.2. The van der Waals surface area contributed by atoms with E-state index < -0.39 is 10.0 Å². The Bertz CT molecular complexity index is 836. The Labute approximate surface area is 161 Å². The number of amides is 1. The van der Waals surface area contributed by atoms with Gasteiger partial charge in [-0.1, -0.05) is 35.9 Å². The van der Waals surface area contributed by atoms with Gasteiger partial charge in [-0.2, -0.15) is 4.31 Å². The molecule has 146 valence electrons. The third-order valence-electron chi connectivity index (χ3n) is 4.16. The summed E-state index contributed by atoms with van der Waals surface area (Å²) in [7, 11) is -0.604. The summed E-state index contributed by atoms with van der Waals surface area (Å²) < 4.78 is 31.8. The minimum atomic E-state index is -3.68. The zero-order chi connectivity index (χ0) is 19.9. The molecule has 2 aromatic carbocycles. The second-order valence-corrected chi connectivity index (χ2v) is 8.45. The Kier molecular flexibility index (Phi) is 7.38. The standard InChI is InChI=1S/C20H26N2O4S/c1-17-10-12-19(13-11-17)27(24,25)22(3)16-20(23)21(2)14-7-15-26-18-8-5-4-6-9-18/h4-6,8-13H,7,14-16H2,1-3H3. The van der Waals surface area contributed by atoms with Crippen LogP contribution in [-0.4, -0.2) is 57.3 Å². The molecule has 2 aromatic rings. The van der Waals surface area contributed by atoms with Crippen molar-refractivity contribution in [3.8, 4) is 5.75 Å². The number of hydrogen-bond acceptors (Lipinski definition) is 4. The smallest absolute Gasteiger partial charge is 0.243 e. The first kappa shape index (κ1) is 20.9. The zero-order valence-corrected chi connectivity index (χ0v) is 16.8. The van der Waals surface area contributed by atoms with Crippen LogP contribution in [0, 0.1) is 6.92 Å². The zero-order valence-electron chi connectivity index (χ0n) is 16.0. The van der Waals surface area contributed by atoms with Crippen LogP contribution in [0.5, 0.6) is 5.75 Å². The van der Waals surface area contributed by atoms with E-state index in [2.05, 4.69) is 0 Å². The molecule has 0 aliphatic carbocycles. The highest BCUT2D eigenvalue weighted by molar-refractivity contribution is 7.89. The van der Waals surface area contributed by atoms with Crippen LogP contribution in [0.25, 0.3) is 0 Å². The molecule has 0 fully saturated rings. The van der Waals surface area contributed by atoms with Crippen molar-refractivity contribution in [3.05, 3.63) is 60.2 Å². The monoisotopic (exact) mass is 390 g/mol. The molecule has 0 aliphatic rings. The van der Waals surface area contributed by atoms with Gasteiger partial charge in [-0.05, 0) is 37.6 Å². The Balaban J connectivity index is 1.81. The molecule has 0 saturated heterocycles. The van der Waals surface area contributed by atoms with Crippen molar-refractivity contribution in [1.82, 2.24) is 9.21 Å². The van der Waals surface area contributed by atoms with Crippen LogP contribution >= 0.6 is 0 Å². The summed E-state index contributed by atoms with van der Waals surface area (Å²) in [6, 6.07) is 16.0. The van der Waals surface area contributed by atoms with Crippen molar-refractivity contribution >= 4 is 15.9 Å². The predicted octanol–water partition coefficient (Wildman–Crippen LogP) is 2.54. The number of carbonyl (C=O) groups excluding carboxylic acids is 1. The number of hydrogen-bond donors (Lipinski definition) is 0. The van der Waals surface area contributed by atoms with E-state index in [1.807, 2.05) is 37.3 Å². The molecule has 0 unspecified atom stereocenters. The number of aryl methyl sites for hydroxylation is 1. The molecule has 0 aromatic heterocycles.